The predicted octanol–water partition coefficient (Wildman–Crippen LogP) is 3.00. The number of carbonyl (C=O) groups is 2. The van der Waals surface area contributed by atoms with Crippen molar-refractivity contribution < 1.29 is 14.3 Å². The molecular weight excluding hydrogens is 366 g/mol. The second-order valence-corrected chi connectivity index (χ2v) is 7.57. The molecule has 2 heterocycles. The molecule has 1 unspecified atom stereocenters. The number of benzene rings is 2. The number of hydrogen-bond donors (Lipinski definition) is 0. The van der Waals surface area contributed by atoms with Crippen LogP contribution in [0.1, 0.15) is 13.3 Å². The molecule has 152 valence electrons. The average molecular weight is 393 g/mol. The summed E-state index contributed by atoms with van der Waals surface area (Å²) in [6.07, 6.45) is 0.287. The topological polar surface area (TPSA) is 53.1 Å². The van der Waals surface area contributed by atoms with Crippen molar-refractivity contribution in [3.63, 3.8) is 0 Å². The number of carbonyl (C=O) groups excluding carboxylic acids is 2. The van der Waals surface area contributed by atoms with Crippen LogP contribution in [0.15, 0.2) is 54.6 Å². The van der Waals surface area contributed by atoms with Gasteiger partial charge in [0.05, 0.1) is 5.92 Å². The molecule has 2 aliphatic heterocycles. The quantitative estimate of drug-likeness (QED) is 0.784. The van der Waals surface area contributed by atoms with Crippen molar-refractivity contribution in [2.24, 2.45) is 5.92 Å². The summed E-state index contributed by atoms with van der Waals surface area (Å²) in [6, 6.07) is 17.0. The second kappa shape index (κ2) is 8.66. The summed E-state index contributed by atoms with van der Waals surface area (Å²) in [6.45, 7) is 6.93. The van der Waals surface area contributed by atoms with E-state index in [1.165, 1.54) is 0 Å². The van der Waals surface area contributed by atoms with Crippen LogP contribution in [0, 0.1) is 5.92 Å². The number of anilines is 1. The number of rotatable bonds is 5. The van der Waals surface area contributed by atoms with Crippen molar-refractivity contribution in [2.45, 2.75) is 13.3 Å². The number of piperazine rings is 1. The molecule has 2 aliphatic rings. The van der Waals surface area contributed by atoms with Crippen LogP contribution in [0.2, 0.25) is 0 Å². The van der Waals surface area contributed by atoms with Gasteiger partial charge in [-0.25, -0.2) is 0 Å². The van der Waals surface area contributed by atoms with Gasteiger partial charge in [0.25, 0.3) is 0 Å². The number of nitrogens with zero attached hydrogens (tertiary/aromatic N) is 3. The summed E-state index contributed by atoms with van der Waals surface area (Å²) in [5, 5.41) is 0. The summed E-state index contributed by atoms with van der Waals surface area (Å²) < 4.78 is 5.81. The van der Waals surface area contributed by atoms with Gasteiger partial charge in [0.15, 0.2) is 0 Å². The third-order valence-corrected chi connectivity index (χ3v) is 5.73. The Morgan fingerprint density at radius 3 is 2.28 bits per heavy atom. The fourth-order valence-electron chi connectivity index (χ4n) is 3.98. The highest BCUT2D eigenvalue weighted by Crippen LogP contribution is 2.29. The molecule has 6 nitrogen and oxygen atoms in total. The highest BCUT2D eigenvalue weighted by Gasteiger charge is 2.37. The lowest BCUT2D eigenvalue weighted by atomic mass is 10.1. The standard InChI is InChI=1S/C23H27N3O3/c1-2-24-12-14-25(15-13-24)23(28)18-16-22(27)26(17-18)19-8-10-21(11-9-19)29-20-6-4-3-5-7-20/h3-11,18H,2,12-17H2,1H3. The molecule has 0 aliphatic carbocycles. The van der Waals surface area contributed by atoms with Crippen LogP contribution in [-0.2, 0) is 9.59 Å². The minimum absolute atomic E-state index is 0.00673. The molecular formula is C23H27N3O3. The second-order valence-electron chi connectivity index (χ2n) is 7.57. The number of ether oxygens (including phenoxy) is 1. The molecule has 2 aromatic carbocycles. The van der Waals surface area contributed by atoms with Crippen LogP contribution >= 0.6 is 0 Å². The number of amides is 2. The normalized spacial score (nSPS) is 20.2. The average Bonchev–Trinajstić information content (AvgIpc) is 3.16. The Morgan fingerprint density at radius 2 is 1.62 bits per heavy atom. The van der Waals surface area contributed by atoms with Crippen molar-refractivity contribution in [3.05, 3.63) is 54.6 Å². The van der Waals surface area contributed by atoms with E-state index in [9.17, 15) is 9.59 Å². The van der Waals surface area contributed by atoms with E-state index in [0.29, 0.717) is 12.3 Å². The lowest BCUT2D eigenvalue weighted by molar-refractivity contribution is -0.137. The van der Waals surface area contributed by atoms with Gasteiger partial charge in [0, 0.05) is 44.8 Å². The van der Waals surface area contributed by atoms with Gasteiger partial charge in [-0.1, -0.05) is 25.1 Å². The SMILES string of the molecule is CCN1CCN(C(=O)C2CC(=O)N(c3ccc(Oc4ccccc4)cc3)C2)CC1. The fraction of sp³-hybridized carbons (Fsp3) is 0.391. The summed E-state index contributed by atoms with van der Waals surface area (Å²) >= 11 is 0. The molecule has 2 saturated heterocycles. The molecule has 4 rings (SSSR count). The number of para-hydroxylation sites is 1. The van der Waals surface area contributed by atoms with E-state index in [1.54, 1.807) is 4.90 Å². The highest BCUT2D eigenvalue weighted by molar-refractivity contribution is 6.00. The largest absolute Gasteiger partial charge is 0.457 e. The van der Waals surface area contributed by atoms with E-state index in [4.69, 9.17) is 4.74 Å². The first-order valence-electron chi connectivity index (χ1n) is 10.3. The minimum atomic E-state index is -0.254. The van der Waals surface area contributed by atoms with Gasteiger partial charge in [-0.3, -0.25) is 9.59 Å². The van der Waals surface area contributed by atoms with Gasteiger partial charge in [-0.2, -0.15) is 0 Å². The van der Waals surface area contributed by atoms with Gasteiger partial charge in [-0.05, 0) is 42.9 Å². The molecule has 0 saturated carbocycles. The van der Waals surface area contributed by atoms with E-state index in [1.807, 2.05) is 59.5 Å². The summed E-state index contributed by atoms with van der Waals surface area (Å²) in [5.74, 6) is 1.35. The fourth-order valence-corrected chi connectivity index (χ4v) is 3.98. The van der Waals surface area contributed by atoms with E-state index in [-0.39, 0.29) is 24.2 Å². The Kier molecular flexibility index (Phi) is 5.81. The summed E-state index contributed by atoms with van der Waals surface area (Å²) in [7, 11) is 0. The van der Waals surface area contributed by atoms with E-state index in [0.717, 1.165) is 44.2 Å². The van der Waals surface area contributed by atoms with Crippen LogP contribution in [0.25, 0.3) is 0 Å². The third-order valence-electron chi connectivity index (χ3n) is 5.73. The Labute approximate surface area is 171 Å². The Balaban J connectivity index is 1.37. The molecule has 1 atom stereocenters. The highest BCUT2D eigenvalue weighted by atomic mass is 16.5. The molecule has 0 N–H and O–H groups in total. The van der Waals surface area contributed by atoms with Crippen LogP contribution in [0.4, 0.5) is 5.69 Å². The Hall–Kier alpha value is -2.86. The molecule has 0 bridgehead atoms. The first-order valence-corrected chi connectivity index (χ1v) is 10.3. The number of likely N-dealkylation sites (N-methyl/N-ethyl adjacent to an activating group) is 1. The minimum Gasteiger partial charge on any atom is -0.457 e. The molecule has 29 heavy (non-hydrogen) atoms. The Morgan fingerprint density at radius 1 is 0.966 bits per heavy atom. The molecule has 2 amide bonds. The van der Waals surface area contributed by atoms with E-state index in [2.05, 4.69) is 11.8 Å². The monoisotopic (exact) mass is 393 g/mol. The Bertz CT molecular complexity index is 845. The van der Waals surface area contributed by atoms with Crippen LogP contribution in [0.5, 0.6) is 11.5 Å². The van der Waals surface area contributed by atoms with E-state index >= 15 is 0 Å². The van der Waals surface area contributed by atoms with Gasteiger partial charge < -0.3 is 19.4 Å². The zero-order chi connectivity index (χ0) is 20.2. The first-order chi connectivity index (χ1) is 14.1. The van der Waals surface area contributed by atoms with Crippen molar-refractivity contribution >= 4 is 17.5 Å². The molecule has 0 aromatic heterocycles. The summed E-state index contributed by atoms with van der Waals surface area (Å²) in [4.78, 5) is 31.4. The maximum absolute atomic E-state index is 12.9. The summed E-state index contributed by atoms with van der Waals surface area (Å²) in [5.41, 5.74) is 0.807. The van der Waals surface area contributed by atoms with E-state index < -0.39 is 0 Å². The molecule has 2 fully saturated rings. The molecule has 2 aromatic rings. The van der Waals surface area contributed by atoms with Crippen molar-refractivity contribution in [1.29, 1.82) is 0 Å². The van der Waals surface area contributed by atoms with Crippen LogP contribution in [0.3, 0.4) is 0 Å². The van der Waals surface area contributed by atoms with Crippen molar-refractivity contribution in [3.8, 4) is 11.5 Å². The molecule has 6 heteroatoms. The lowest BCUT2D eigenvalue weighted by Crippen LogP contribution is -2.50. The zero-order valence-corrected chi connectivity index (χ0v) is 16.8. The van der Waals surface area contributed by atoms with Crippen molar-refractivity contribution in [1.82, 2.24) is 9.80 Å². The van der Waals surface area contributed by atoms with Crippen LogP contribution in [-0.4, -0.2) is 60.9 Å². The molecule has 0 radical (unpaired) electrons. The molecule has 0 spiro atoms. The van der Waals surface area contributed by atoms with Crippen LogP contribution < -0.4 is 9.64 Å². The lowest BCUT2D eigenvalue weighted by Gasteiger charge is -2.35. The first kappa shape index (κ1) is 19.5. The maximum atomic E-state index is 12.9. The van der Waals surface area contributed by atoms with Gasteiger partial charge >= 0.3 is 0 Å². The predicted molar refractivity (Wildman–Crippen MR) is 112 cm³/mol. The van der Waals surface area contributed by atoms with Gasteiger partial charge in [0.1, 0.15) is 11.5 Å². The zero-order valence-electron chi connectivity index (χ0n) is 16.8. The number of hydrogen-bond acceptors (Lipinski definition) is 4. The third kappa shape index (κ3) is 4.43. The van der Waals surface area contributed by atoms with Gasteiger partial charge in [-0.15, -0.1) is 0 Å². The van der Waals surface area contributed by atoms with Crippen molar-refractivity contribution in [2.75, 3.05) is 44.2 Å². The maximum Gasteiger partial charge on any atom is 0.228 e. The smallest absolute Gasteiger partial charge is 0.228 e. The van der Waals surface area contributed by atoms with Gasteiger partial charge in [0.2, 0.25) is 11.8 Å².